The summed E-state index contributed by atoms with van der Waals surface area (Å²) in [6.45, 7) is 8.44. The average molecular weight is 1220 g/mol. The molecule has 2 aromatic carbocycles. The molecule has 2 aromatic rings. The second-order valence-corrected chi connectivity index (χ2v) is 22.4. The maximum atomic E-state index is 15.0. The maximum absolute atomic E-state index is 15.0. The lowest BCUT2D eigenvalue weighted by Gasteiger charge is -2.42. The first-order valence-electron chi connectivity index (χ1n) is 27.7. The molecule has 4 aliphatic heterocycles. The predicted octanol–water partition coefficient (Wildman–Crippen LogP) is 5.68. The van der Waals surface area contributed by atoms with Gasteiger partial charge in [-0.05, 0) is 87.8 Å². The SMILES string of the molecule is COc1cc2cc(c1Cl)N(C)C(O)C[C@H](OC(=O)Nc1ccc(NC(=O)[C@H](CCCNC(N)=O)NC(=O)[C@@H](NC(=O)CCCCCN3C(=O)C=CC3=O)C(C)C)c(C(F)(F)F)c1)[C@]1(C)O[C@H]1[C@H](C)[C@@H]1C[C@@](O)(NC(=O)O1)[C@H](OC)/C=C/C=C(\C)C2. The lowest BCUT2D eigenvalue weighted by molar-refractivity contribution is -0.142. The van der Waals surface area contributed by atoms with E-state index in [1.807, 2.05) is 6.92 Å². The third kappa shape index (κ3) is 17.4. The Morgan fingerprint density at radius 3 is 2.34 bits per heavy atom. The van der Waals surface area contributed by atoms with Crippen LogP contribution >= 0.6 is 11.6 Å². The van der Waals surface area contributed by atoms with E-state index in [4.69, 9.17) is 41.0 Å². The summed E-state index contributed by atoms with van der Waals surface area (Å²) in [6.07, 6.45) is -5.11. The third-order valence-corrected chi connectivity index (χ3v) is 15.6. The van der Waals surface area contributed by atoms with E-state index in [0.717, 1.165) is 22.6 Å². The van der Waals surface area contributed by atoms with Crippen molar-refractivity contribution in [1.29, 1.82) is 0 Å². The summed E-state index contributed by atoms with van der Waals surface area (Å²) in [5, 5.41) is 38.5. The highest BCUT2D eigenvalue weighted by Crippen LogP contribution is 2.50. The minimum atomic E-state index is -5.17. The molecule has 28 heteroatoms. The first-order chi connectivity index (χ1) is 40.0. The van der Waals surface area contributed by atoms with Crippen LogP contribution in [0, 0.1) is 11.8 Å². The van der Waals surface area contributed by atoms with E-state index in [1.54, 1.807) is 58.1 Å². The molecular weight excluding hydrogens is 1140 g/mol. The summed E-state index contributed by atoms with van der Waals surface area (Å²) in [5.74, 6) is -4.31. The van der Waals surface area contributed by atoms with E-state index in [-0.39, 0.29) is 49.5 Å². The number of carbonyl (C=O) groups excluding carboxylic acids is 8. The molecule has 10 N–H and O–H groups in total. The highest BCUT2D eigenvalue weighted by Gasteiger charge is 2.64. The van der Waals surface area contributed by atoms with Crippen molar-refractivity contribution in [3.63, 3.8) is 0 Å². The number of aliphatic hydroxyl groups excluding tert-OH is 1. The van der Waals surface area contributed by atoms with Gasteiger partial charge in [-0.15, -0.1) is 0 Å². The summed E-state index contributed by atoms with van der Waals surface area (Å²) in [4.78, 5) is 105. The van der Waals surface area contributed by atoms with Crippen LogP contribution in [-0.2, 0) is 55.5 Å². The van der Waals surface area contributed by atoms with Crippen molar-refractivity contribution < 1.29 is 85.4 Å². The minimum absolute atomic E-state index is 0.00849. The van der Waals surface area contributed by atoms with Gasteiger partial charge in [0.15, 0.2) is 5.72 Å². The number of methoxy groups -OCH3 is 2. The Bertz CT molecular complexity index is 2910. The van der Waals surface area contributed by atoms with Crippen molar-refractivity contribution in [2.45, 2.75) is 153 Å². The highest BCUT2D eigenvalue weighted by atomic mass is 35.5. The molecule has 4 heterocycles. The van der Waals surface area contributed by atoms with Crippen LogP contribution in [0.3, 0.4) is 0 Å². The average Bonchev–Trinajstić information content (AvgIpc) is 1.66. The first kappa shape index (κ1) is 66.7. The Morgan fingerprint density at radius 2 is 1.69 bits per heavy atom. The zero-order valence-corrected chi connectivity index (χ0v) is 49.2. The van der Waals surface area contributed by atoms with Gasteiger partial charge in [-0.3, -0.25) is 39.5 Å². The third-order valence-electron chi connectivity index (χ3n) is 15.2. The van der Waals surface area contributed by atoms with Gasteiger partial charge in [0.2, 0.25) is 17.7 Å². The number of nitrogens with one attached hydrogen (secondary N) is 6. The van der Waals surface area contributed by atoms with Crippen molar-refractivity contribution in [1.82, 2.24) is 26.2 Å². The predicted molar refractivity (Wildman–Crippen MR) is 304 cm³/mol. The van der Waals surface area contributed by atoms with Gasteiger partial charge >= 0.3 is 24.4 Å². The number of amides is 9. The molecule has 2 saturated heterocycles. The van der Waals surface area contributed by atoms with Gasteiger partial charge in [0, 0.05) is 70.3 Å². The number of nitrogens with two attached hydrogens (primary N) is 1. The number of allylic oxidation sites excluding steroid dienone is 3. The van der Waals surface area contributed by atoms with Gasteiger partial charge < -0.3 is 65.8 Å². The van der Waals surface area contributed by atoms with E-state index >= 15 is 13.2 Å². The molecule has 9 amide bonds. The van der Waals surface area contributed by atoms with Crippen LogP contribution in [0.4, 0.5) is 44.6 Å². The van der Waals surface area contributed by atoms with E-state index in [9.17, 15) is 48.6 Å². The lowest BCUT2D eigenvalue weighted by Crippen LogP contribution is -2.63. The number of alkyl carbamates (subject to hydrolysis) is 1. The number of hydrogen-bond donors (Lipinski definition) is 9. The Labute approximate surface area is 494 Å². The summed E-state index contributed by atoms with van der Waals surface area (Å²) in [6, 6.07) is 2.28. The number of nitrogens with zero attached hydrogens (tertiary/aromatic N) is 2. The standard InChI is InChI=1S/C57H75ClF3N9O15/c1-30(2)48(67-43(71)17-10-9-11-23-70-44(72)20-21-45(70)73)51(76)66-37(15-13-22-63-52(62)77)50(75)65-36-19-18-34(27-35(36)57(59,60)61)64-53(78)84-42-28-46(74)69(6)38-25-33(26-39(81-7)47(38)58)24-31(3)14-12-16-41(82-8)56(80)29-40(83-54(79)68-56)32(4)49-55(42,5)85-49/h12,14,16,18-21,25-27,30,32,37,40-42,46,48-49,74,80H,9-11,13,15,17,22-24,28-29H2,1-8H3,(H,64,78)(H,65,75)(H,66,76)(H,67,71)(H,68,79)(H3,62,63,77)/b16-12+,31-14+/t32-,37+,40+,41-,42+,46?,48+,49+,55+,56+/m1/s1. The van der Waals surface area contributed by atoms with E-state index in [1.165, 1.54) is 38.3 Å². The van der Waals surface area contributed by atoms with Crippen molar-refractivity contribution >= 4 is 76.4 Å². The zero-order chi connectivity index (χ0) is 62.7. The molecule has 85 heavy (non-hydrogen) atoms. The van der Waals surface area contributed by atoms with Crippen molar-refractivity contribution in [3.05, 3.63) is 82.4 Å². The fourth-order valence-corrected chi connectivity index (χ4v) is 10.7. The molecule has 2 fully saturated rings. The molecule has 10 atom stereocenters. The molecule has 0 radical (unpaired) electrons. The van der Waals surface area contributed by atoms with E-state index in [0.29, 0.717) is 43.0 Å². The Balaban J connectivity index is 1.21. The molecule has 24 nitrogen and oxygen atoms in total. The molecule has 466 valence electrons. The molecule has 0 saturated carbocycles. The second kappa shape index (κ2) is 28.6. The molecule has 4 aliphatic rings. The van der Waals surface area contributed by atoms with Gasteiger partial charge in [-0.2, -0.15) is 13.2 Å². The molecule has 0 aliphatic carbocycles. The van der Waals surface area contributed by atoms with Gasteiger partial charge in [0.25, 0.3) is 11.8 Å². The normalized spacial score (nSPS) is 25.9. The lowest BCUT2D eigenvalue weighted by atomic mass is 9.83. The number of aliphatic hydroxyl groups is 2. The Kier molecular flexibility index (Phi) is 22.4. The van der Waals surface area contributed by atoms with E-state index in [2.05, 4.69) is 31.9 Å². The number of ether oxygens (including phenoxy) is 5. The number of alkyl halides is 3. The number of anilines is 3. The Morgan fingerprint density at radius 1 is 0.988 bits per heavy atom. The number of primary amides is 1. The van der Waals surface area contributed by atoms with Gasteiger partial charge in [-0.25, -0.2) is 14.4 Å². The molecule has 0 spiro atoms. The van der Waals surface area contributed by atoms with Crippen LogP contribution in [0.25, 0.3) is 0 Å². The molecule has 4 bridgehead atoms. The molecule has 0 aromatic heterocycles. The van der Waals surface area contributed by atoms with Crippen molar-refractivity contribution in [2.75, 3.05) is 49.9 Å². The van der Waals surface area contributed by atoms with Crippen LogP contribution in [0.15, 0.2) is 66.3 Å². The van der Waals surface area contributed by atoms with E-state index < -0.39 is 143 Å². The Hall–Kier alpha value is -7.46. The number of fused-ring (bicyclic) bond motifs is 5. The van der Waals surface area contributed by atoms with Crippen molar-refractivity contribution in [2.24, 2.45) is 17.6 Å². The maximum Gasteiger partial charge on any atom is 0.418 e. The van der Waals surface area contributed by atoms with Crippen LogP contribution in [0.5, 0.6) is 5.75 Å². The number of carbonyl (C=O) groups is 8. The van der Waals surface area contributed by atoms with Gasteiger partial charge in [-0.1, -0.05) is 62.6 Å². The van der Waals surface area contributed by atoms with Gasteiger partial charge in [0.05, 0.1) is 30.2 Å². The number of hydrogen-bond acceptors (Lipinski definition) is 16. The van der Waals surface area contributed by atoms with Crippen LogP contribution in [0.2, 0.25) is 5.02 Å². The summed E-state index contributed by atoms with van der Waals surface area (Å²) < 4.78 is 74.1. The number of epoxide rings is 1. The topological polar surface area (TPSA) is 331 Å². The molecule has 1 unspecified atom stereocenters. The minimum Gasteiger partial charge on any atom is -0.495 e. The van der Waals surface area contributed by atoms with Gasteiger partial charge in [0.1, 0.15) is 53.0 Å². The number of urea groups is 1. The largest absolute Gasteiger partial charge is 0.495 e. The molecule has 6 rings (SSSR count). The number of rotatable bonds is 20. The number of imide groups is 1. The van der Waals surface area contributed by atoms with Crippen LogP contribution in [-0.4, -0.2) is 151 Å². The fraction of sp³-hybridized carbons (Fsp3) is 0.544. The number of benzene rings is 2. The summed E-state index contributed by atoms with van der Waals surface area (Å²) >= 11 is 6.83. The quantitative estimate of drug-likeness (QED) is 0.0437. The zero-order valence-electron chi connectivity index (χ0n) is 48.4. The van der Waals surface area contributed by atoms with Crippen LogP contribution < -0.4 is 47.3 Å². The fourth-order valence-electron chi connectivity index (χ4n) is 10.4. The highest BCUT2D eigenvalue weighted by molar-refractivity contribution is 6.34. The first-order valence-corrected chi connectivity index (χ1v) is 28.1. The monoisotopic (exact) mass is 1220 g/mol. The summed E-state index contributed by atoms with van der Waals surface area (Å²) in [7, 11) is 4.32. The molecular formula is C57H75ClF3N9O15. The van der Waals surface area contributed by atoms with Crippen molar-refractivity contribution in [3.8, 4) is 5.75 Å². The number of unbranched alkanes of at least 4 members (excludes halogenated alkanes) is 2. The van der Waals surface area contributed by atoms with Crippen LogP contribution in [0.1, 0.15) is 97.1 Å². The summed E-state index contributed by atoms with van der Waals surface area (Å²) in [5.41, 5.74) is 0.977. The number of halogens is 4. The second-order valence-electron chi connectivity index (χ2n) is 22.0. The smallest absolute Gasteiger partial charge is 0.418 e.